The van der Waals surface area contributed by atoms with Gasteiger partial charge in [0.1, 0.15) is 42.5 Å². The number of anilines is 1. The summed E-state index contributed by atoms with van der Waals surface area (Å²) in [4.78, 5) is 57.1. The average Bonchev–Trinajstić information content (AvgIpc) is 4.24. The van der Waals surface area contributed by atoms with Crippen molar-refractivity contribution in [3.8, 4) is 50.7 Å². The van der Waals surface area contributed by atoms with Crippen LogP contribution in [0, 0.1) is 0 Å². The highest BCUT2D eigenvalue weighted by Crippen LogP contribution is 2.48. The third-order valence-electron chi connectivity index (χ3n) is 14.7. The van der Waals surface area contributed by atoms with Gasteiger partial charge >= 0.3 is 6.09 Å². The molecule has 5 N–H and O–H groups in total. The van der Waals surface area contributed by atoms with E-state index in [0.717, 1.165) is 27.8 Å². The molecule has 81 heavy (non-hydrogen) atoms. The van der Waals surface area contributed by atoms with Crippen LogP contribution >= 0.6 is 23.2 Å². The Morgan fingerprint density at radius 1 is 0.815 bits per heavy atom. The molecule has 2 fully saturated rings. The quantitative estimate of drug-likeness (QED) is 0.0554. The highest BCUT2D eigenvalue weighted by atomic mass is 35.5. The van der Waals surface area contributed by atoms with E-state index in [0.29, 0.717) is 75.1 Å². The van der Waals surface area contributed by atoms with Crippen LogP contribution < -0.4 is 20.1 Å². The first kappa shape index (κ1) is 57.1. The molecule has 426 valence electrons. The fraction of sp³-hybridized carbons (Fsp3) is 0.373. The van der Waals surface area contributed by atoms with Gasteiger partial charge in [-0.1, -0.05) is 83.9 Å². The molecule has 5 aromatic carbocycles. The van der Waals surface area contributed by atoms with Crippen molar-refractivity contribution in [1.82, 2.24) is 24.9 Å². The van der Waals surface area contributed by atoms with Gasteiger partial charge in [0.05, 0.1) is 76.6 Å². The number of aromatic nitrogens is 2. The second kappa shape index (κ2) is 24.5. The standard InChI is InChI=1S/C59H62Cl2N6O14/c1-59(2)32-78-21-18-66(59)57(73)49-44-31-79-46-29-45(75-4)42(28-43(46)50(44)67(64-49)37-26-34(60)25-35(61)27-37)33-10-9-11-36(24-33)63-48(68)16-19-76-22-23-77-20-17-62-56(72)55-53(71)52(70)51(69)47(80-55)30-65(3)58(74)81-54-40-14-7-5-12-38(40)39-13-6-8-15-41(39)54/h5-15,24-29,47,51-55,69-71H,16-23,30-32H2,1-4H3,(H,62,72)(H,63,68)/t47-,51-,52+,53+,55-/m0/s1. The number of carbonyl (C=O) groups is 4. The van der Waals surface area contributed by atoms with Crippen LogP contribution in [0.25, 0.3) is 39.2 Å². The maximum Gasteiger partial charge on any atom is 0.410 e. The monoisotopic (exact) mass is 1150 g/mol. The third kappa shape index (κ3) is 12.1. The van der Waals surface area contributed by atoms with Gasteiger partial charge in [-0.3, -0.25) is 14.4 Å². The van der Waals surface area contributed by atoms with E-state index in [1.54, 1.807) is 47.0 Å². The molecule has 0 radical (unpaired) electrons. The minimum atomic E-state index is -1.75. The summed E-state index contributed by atoms with van der Waals surface area (Å²) in [5.74, 6) is -0.293. The Morgan fingerprint density at radius 3 is 2.22 bits per heavy atom. The van der Waals surface area contributed by atoms with Crippen molar-refractivity contribution in [1.29, 1.82) is 0 Å². The smallest absolute Gasteiger partial charge is 0.410 e. The number of nitrogens with zero attached hydrogens (tertiary/aromatic N) is 4. The molecular formula is C59H62Cl2N6O14. The second-order valence-electron chi connectivity index (χ2n) is 20.7. The number of ether oxygens (including phenoxy) is 7. The Hall–Kier alpha value is -7.11. The van der Waals surface area contributed by atoms with E-state index in [1.165, 1.54) is 11.9 Å². The Bertz CT molecular complexity index is 3270. The number of morpholine rings is 1. The zero-order valence-electron chi connectivity index (χ0n) is 44.9. The number of benzene rings is 5. The van der Waals surface area contributed by atoms with Crippen molar-refractivity contribution in [3.63, 3.8) is 0 Å². The Kier molecular flexibility index (Phi) is 17.3. The summed E-state index contributed by atoms with van der Waals surface area (Å²) < 4.78 is 42.6. The minimum absolute atomic E-state index is 0.0118. The first-order valence-corrected chi connectivity index (χ1v) is 27.2. The van der Waals surface area contributed by atoms with Crippen LogP contribution in [-0.2, 0) is 39.9 Å². The number of methoxy groups -OCH3 is 1. The summed E-state index contributed by atoms with van der Waals surface area (Å²) >= 11 is 13.0. The molecule has 1 aliphatic carbocycles. The van der Waals surface area contributed by atoms with E-state index in [-0.39, 0.29) is 70.1 Å². The molecule has 4 aliphatic rings. The Morgan fingerprint density at radius 2 is 1.52 bits per heavy atom. The van der Waals surface area contributed by atoms with Crippen LogP contribution in [0.1, 0.15) is 53.6 Å². The molecule has 2 saturated heterocycles. The van der Waals surface area contributed by atoms with Crippen molar-refractivity contribution in [2.45, 2.75) is 69.0 Å². The Balaban J connectivity index is 0.695. The first-order chi connectivity index (χ1) is 39.0. The van der Waals surface area contributed by atoms with Gasteiger partial charge in [-0.2, -0.15) is 5.10 Å². The zero-order chi connectivity index (χ0) is 57.1. The number of aliphatic hydroxyl groups excluding tert-OH is 3. The number of nitrogens with one attached hydrogen (secondary N) is 2. The van der Waals surface area contributed by atoms with Crippen LogP contribution in [0.2, 0.25) is 10.0 Å². The molecule has 3 aliphatic heterocycles. The van der Waals surface area contributed by atoms with Gasteiger partial charge in [0.2, 0.25) is 5.91 Å². The lowest BCUT2D eigenvalue weighted by Crippen LogP contribution is -2.63. The molecule has 4 heterocycles. The van der Waals surface area contributed by atoms with Crippen LogP contribution in [0.3, 0.4) is 0 Å². The molecule has 4 amide bonds. The van der Waals surface area contributed by atoms with E-state index in [1.807, 2.05) is 86.6 Å². The highest BCUT2D eigenvalue weighted by molar-refractivity contribution is 6.34. The molecule has 1 aromatic heterocycles. The van der Waals surface area contributed by atoms with Gasteiger partial charge in [0, 0.05) is 69.8 Å². The SMILES string of the molecule is COc1cc2c(cc1-c1cccc(NC(=O)CCOCCOCCNC(=O)[C@H]3O[C@@H](CN(C)C(=O)OC4c5ccccc5-c5ccccc54)[C@H](O)[C@@H](O)[C@H]3O)c1)-c1c(c(C(=O)N3CCOCC3(C)C)nn1-c1cc(Cl)cc(Cl)c1)CO2. The van der Waals surface area contributed by atoms with Gasteiger partial charge in [-0.25, -0.2) is 9.48 Å². The molecule has 6 aromatic rings. The van der Waals surface area contributed by atoms with Crippen LogP contribution in [0.15, 0.2) is 103 Å². The predicted octanol–water partition coefficient (Wildman–Crippen LogP) is 6.83. The summed E-state index contributed by atoms with van der Waals surface area (Å²) in [6.07, 6.45) is -9.26. The largest absolute Gasteiger partial charge is 0.496 e. The molecule has 20 nitrogen and oxygen atoms in total. The first-order valence-electron chi connectivity index (χ1n) is 26.5. The topological polar surface area (TPSA) is 242 Å². The van der Waals surface area contributed by atoms with Crippen LogP contribution in [0.5, 0.6) is 11.5 Å². The molecule has 0 saturated carbocycles. The zero-order valence-corrected chi connectivity index (χ0v) is 46.4. The second-order valence-corrected chi connectivity index (χ2v) is 21.5. The highest BCUT2D eigenvalue weighted by Gasteiger charge is 2.48. The van der Waals surface area contributed by atoms with Crippen LogP contribution in [0.4, 0.5) is 10.5 Å². The maximum atomic E-state index is 14.4. The van der Waals surface area contributed by atoms with E-state index in [4.69, 9.17) is 61.5 Å². The number of likely N-dealkylation sites (N-methyl/N-ethyl adjacent to an activating group) is 1. The predicted molar refractivity (Wildman–Crippen MR) is 299 cm³/mol. The number of hydrogen-bond donors (Lipinski definition) is 5. The molecule has 0 bridgehead atoms. The number of aliphatic hydroxyl groups is 3. The van der Waals surface area contributed by atoms with Crippen molar-refractivity contribution in [3.05, 3.63) is 136 Å². The molecule has 10 rings (SSSR count). The number of amides is 4. The third-order valence-corrected chi connectivity index (χ3v) is 15.1. The van der Waals surface area contributed by atoms with Gasteiger partial charge in [-0.15, -0.1) is 0 Å². The number of hydrogen-bond acceptors (Lipinski definition) is 15. The Labute approximate surface area is 477 Å². The number of carbonyl (C=O) groups excluding carboxylic acids is 4. The van der Waals surface area contributed by atoms with Gasteiger partial charge in [0.25, 0.3) is 11.8 Å². The summed E-state index contributed by atoms with van der Waals surface area (Å²) in [6, 6.07) is 31.3. The van der Waals surface area contributed by atoms with E-state index >= 15 is 0 Å². The van der Waals surface area contributed by atoms with Crippen molar-refractivity contribution < 1.29 is 67.7 Å². The number of fused-ring (bicyclic) bond motifs is 6. The lowest BCUT2D eigenvalue weighted by Gasteiger charge is -2.41. The number of rotatable bonds is 18. The molecular weight excluding hydrogens is 1090 g/mol. The summed E-state index contributed by atoms with van der Waals surface area (Å²) in [5, 5.41) is 43.4. The maximum absolute atomic E-state index is 14.4. The lowest BCUT2D eigenvalue weighted by atomic mass is 9.94. The van der Waals surface area contributed by atoms with Crippen molar-refractivity contribution >= 4 is 52.7 Å². The van der Waals surface area contributed by atoms with E-state index in [2.05, 4.69) is 10.6 Å². The normalized spacial score (nSPS) is 19.8. The van der Waals surface area contributed by atoms with Crippen molar-refractivity contribution in [2.24, 2.45) is 0 Å². The fourth-order valence-electron chi connectivity index (χ4n) is 10.6. The van der Waals surface area contributed by atoms with Gasteiger partial charge in [0.15, 0.2) is 17.9 Å². The minimum Gasteiger partial charge on any atom is -0.496 e. The summed E-state index contributed by atoms with van der Waals surface area (Å²) in [6.45, 7) is 5.32. The lowest BCUT2D eigenvalue weighted by molar-refractivity contribution is -0.222. The number of halogens is 2. The van der Waals surface area contributed by atoms with Crippen molar-refractivity contribution in [2.75, 3.05) is 78.7 Å². The average molecular weight is 1150 g/mol. The molecule has 22 heteroatoms. The molecule has 0 spiro atoms. The van der Waals surface area contributed by atoms with E-state index in [9.17, 15) is 34.5 Å². The molecule has 0 unspecified atom stereocenters. The summed E-state index contributed by atoms with van der Waals surface area (Å²) in [5.41, 5.74) is 7.56. The summed E-state index contributed by atoms with van der Waals surface area (Å²) in [7, 11) is 3.00. The van der Waals surface area contributed by atoms with E-state index < -0.39 is 54.2 Å². The van der Waals surface area contributed by atoms with Crippen LogP contribution in [-0.4, -0.2) is 168 Å². The van der Waals surface area contributed by atoms with Gasteiger partial charge in [-0.05, 0) is 66.9 Å². The fourth-order valence-corrected chi connectivity index (χ4v) is 11.1. The van der Waals surface area contributed by atoms with Gasteiger partial charge < -0.3 is 68.9 Å². The molecule has 5 atom stereocenters.